The molecule has 0 aromatic carbocycles. The van der Waals surface area contributed by atoms with Gasteiger partial charge in [0.05, 0.1) is 0 Å². The van der Waals surface area contributed by atoms with Crippen LogP contribution in [0.25, 0.3) is 0 Å². The highest BCUT2D eigenvalue weighted by molar-refractivity contribution is 5.79. The lowest BCUT2D eigenvalue weighted by Gasteiger charge is -2.28. The topological polar surface area (TPSA) is 53.6 Å². The van der Waals surface area contributed by atoms with Crippen LogP contribution in [0.2, 0.25) is 0 Å². The Kier molecular flexibility index (Phi) is 6.34. The maximum absolute atomic E-state index is 5.54. The summed E-state index contributed by atoms with van der Waals surface area (Å²) in [5.74, 6) is 7.75. The molecule has 0 unspecified atom stereocenters. The third-order valence-electron chi connectivity index (χ3n) is 3.35. The molecule has 1 saturated carbocycles. The molecule has 0 spiro atoms. The Balaban J connectivity index is 2.41. The van der Waals surface area contributed by atoms with E-state index in [4.69, 9.17) is 5.84 Å². The van der Waals surface area contributed by atoms with Gasteiger partial charge in [0.25, 0.3) is 0 Å². The summed E-state index contributed by atoms with van der Waals surface area (Å²) in [4.78, 5) is 6.68. The minimum absolute atomic E-state index is 0.571. The van der Waals surface area contributed by atoms with Crippen molar-refractivity contribution in [2.24, 2.45) is 22.7 Å². The quantitative estimate of drug-likeness (QED) is 0.342. The number of guanidine groups is 1. The van der Waals surface area contributed by atoms with Crippen LogP contribution in [-0.4, -0.2) is 31.0 Å². The molecule has 0 radical (unpaired) electrons. The third-order valence-corrected chi connectivity index (χ3v) is 3.35. The van der Waals surface area contributed by atoms with Crippen LogP contribution in [0.15, 0.2) is 4.99 Å². The average Bonchev–Trinajstić information content (AvgIpc) is 2.30. The number of hydrogen-bond acceptors (Lipinski definition) is 2. The summed E-state index contributed by atoms with van der Waals surface area (Å²) in [5.41, 5.74) is 2.72. The lowest BCUT2D eigenvalue weighted by molar-refractivity contribution is 0.292. The van der Waals surface area contributed by atoms with Gasteiger partial charge in [-0.3, -0.25) is 10.4 Å². The Morgan fingerprint density at radius 2 is 2.00 bits per heavy atom. The van der Waals surface area contributed by atoms with Crippen LogP contribution in [0.1, 0.15) is 46.0 Å². The predicted octanol–water partition coefficient (Wildman–Crippen LogP) is 1.97. The van der Waals surface area contributed by atoms with Crippen molar-refractivity contribution in [1.29, 1.82) is 0 Å². The monoisotopic (exact) mass is 240 g/mol. The molecule has 3 N–H and O–H groups in total. The van der Waals surface area contributed by atoms with Crippen molar-refractivity contribution in [3.8, 4) is 0 Å². The lowest BCUT2D eigenvalue weighted by atomic mass is 9.89. The second-order valence-electron chi connectivity index (χ2n) is 5.59. The molecule has 0 bridgehead atoms. The van der Waals surface area contributed by atoms with Crippen molar-refractivity contribution in [1.82, 2.24) is 10.3 Å². The van der Waals surface area contributed by atoms with E-state index in [0.717, 1.165) is 25.0 Å². The minimum Gasteiger partial charge on any atom is -0.345 e. The van der Waals surface area contributed by atoms with E-state index in [9.17, 15) is 0 Å². The SMILES string of the molecule is CC(C)CN=C(NN)N(C)CC1CCCCC1. The van der Waals surface area contributed by atoms with Gasteiger partial charge in [0.15, 0.2) is 0 Å². The Morgan fingerprint density at radius 1 is 1.35 bits per heavy atom. The van der Waals surface area contributed by atoms with Crippen molar-refractivity contribution >= 4 is 5.96 Å². The van der Waals surface area contributed by atoms with Crippen molar-refractivity contribution in [3.05, 3.63) is 0 Å². The van der Waals surface area contributed by atoms with Gasteiger partial charge in [0, 0.05) is 20.1 Å². The van der Waals surface area contributed by atoms with E-state index in [-0.39, 0.29) is 0 Å². The number of hydrogen-bond donors (Lipinski definition) is 2. The van der Waals surface area contributed by atoms with Gasteiger partial charge in [0.2, 0.25) is 5.96 Å². The van der Waals surface area contributed by atoms with E-state index < -0.39 is 0 Å². The molecule has 0 saturated heterocycles. The lowest BCUT2D eigenvalue weighted by Crippen LogP contribution is -2.45. The zero-order valence-electron chi connectivity index (χ0n) is 11.6. The third kappa shape index (κ3) is 5.39. The fraction of sp³-hybridized carbons (Fsp3) is 0.923. The van der Waals surface area contributed by atoms with E-state index >= 15 is 0 Å². The first-order valence-corrected chi connectivity index (χ1v) is 6.85. The summed E-state index contributed by atoms with van der Waals surface area (Å²) >= 11 is 0. The van der Waals surface area contributed by atoms with Crippen molar-refractivity contribution in [2.45, 2.75) is 46.0 Å². The van der Waals surface area contributed by atoms with Crippen molar-refractivity contribution in [2.75, 3.05) is 20.1 Å². The molecule has 0 heterocycles. The largest absolute Gasteiger partial charge is 0.345 e. The van der Waals surface area contributed by atoms with Gasteiger partial charge in [-0.1, -0.05) is 33.1 Å². The van der Waals surface area contributed by atoms with Gasteiger partial charge in [-0.2, -0.15) is 0 Å². The summed E-state index contributed by atoms with van der Waals surface area (Å²) < 4.78 is 0. The molecule has 4 nitrogen and oxygen atoms in total. The molecular weight excluding hydrogens is 212 g/mol. The maximum atomic E-state index is 5.54. The number of nitrogens with two attached hydrogens (primary N) is 1. The van der Waals surface area contributed by atoms with E-state index in [2.05, 4.69) is 36.2 Å². The molecule has 1 fully saturated rings. The molecule has 17 heavy (non-hydrogen) atoms. The summed E-state index contributed by atoms with van der Waals surface area (Å²) in [5, 5.41) is 0. The van der Waals surface area contributed by atoms with Gasteiger partial charge in [-0.25, -0.2) is 5.84 Å². The van der Waals surface area contributed by atoms with Crippen LogP contribution in [0, 0.1) is 11.8 Å². The van der Waals surface area contributed by atoms with Crippen LogP contribution in [0.5, 0.6) is 0 Å². The first kappa shape index (κ1) is 14.3. The highest BCUT2D eigenvalue weighted by Crippen LogP contribution is 2.24. The Bertz CT molecular complexity index is 232. The maximum Gasteiger partial charge on any atom is 0.208 e. The first-order valence-electron chi connectivity index (χ1n) is 6.85. The molecule has 1 rings (SSSR count). The van der Waals surface area contributed by atoms with Crippen LogP contribution >= 0.6 is 0 Å². The van der Waals surface area contributed by atoms with E-state index in [1.54, 1.807) is 0 Å². The second kappa shape index (κ2) is 7.54. The minimum atomic E-state index is 0.571. The molecule has 0 atom stereocenters. The molecule has 0 aromatic heterocycles. The molecule has 0 amide bonds. The van der Waals surface area contributed by atoms with Gasteiger partial charge in [0.1, 0.15) is 0 Å². The molecule has 1 aliphatic rings. The van der Waals surface area contributed by atoms with Crippen molar-refractivity contribution < 1.29 is 0 Å². The summed E-state index contributed by atoms with van der Waals surface area (Å²) in [6.45, 7) is 6.23. The van der Waals surface area contributed by atoms with E-state index in [1.807, 2.05) is 0 Å². The number of aliphatic imine (C=N–C) groups is 1. The van der Waals surface area contributed by atoms with Gasteiger partial charge in [-0.05, 0) is 24.7 Å². The normalized spacial score (nSPS) is 18.5. The fourth-order valence-electron chi connectivity index (χ4n) is 2.39. The van der Waals surface area contributed by atoms with Gasteiger partial charge in [-0.15, -0.1) is 0 Å². The van der Waals surface area contributed by atoms with Gasteiger partial charge >= 0.3 is 0 Å². The van der Waals surface area contributed by atoms with E-state index in [1.165, 1.54) is 32.1 Å². The smallest absolute Gasteiger partial charge is 0.208 e. The molecule has 0 aromatic rings. The number of rotatable bonds is 4. The Labute approximate surface area is 106 Å². The summed E-state index contributed by atoms with van der Waals surface area (Å²) in [6, 6.07) is 0. The number of hydrazine groups is 1. The molecular formula is C13H28N4. The molecule has 4 heteroatoms. The highest BCUT2D eigenvalue weighted by Gasteiger charge is 2.16. The number of nitrogens with one attached hydrogen (secondary N) is 1. The standard InChI is InChI=1S/C13H28N4/c1-11(2)9-15-13(16-14)17(3)10-12-7-5-4-6-8-12/h11-12H,4-10,14H2,1-3H3,(H,15,16). The van der Waals surface area contributed by atoms with E-state index in [0.29, 0.717) is 5.92 Å². The second-order valence-corrected chi connectivity index (χ2v) is 5.59. The molecule has 1 aliphatic carbocycles. The van der Waals surface area contributed by atoms with Crippen LogP contribution in [-0.2, 0) is 0 Å². The van der Waals surface area contributed by atoms with Crippen LogP contribution in [0.3, 0.4) is 0 Å². The predicted molar refractivity (Wildman–Crippen MR) is 73.7 cm³/mol. The number of nitrogens with zero attached hydrogens (tertiary/aromatic N) is 2. The zero-order valence-corrected chi connectivity index (χ0v) is 11.6. The molecule has 0 aliphatic heterocycles. The van der Waals surface area contributed by atoms with Crippen LogP contribution < -0.4 is 11.3 Å². The molecule has 100 valence electrons. The highest BCUT2D eigenvalue weighted by atomic mass is 15.4. The Morgan fingerprint density at radius 3 is 2.53 bits per heavy atom. The first-order chi connectivity index (χ1) is 8.13. The van der Waals surface area contributed by atoms with Crippen molar-refractivity contribution in [3.63, 3.8) is 0 Å². The Hall–Kier alpha value is -0.770. The summed E-state index contributed by atoms with van der Waals surface area (Å²) in [7, 11) is 2.08. The summed E-state index contributed by atoms with van der Waals surface area (Å²) in [6.07, 6.45) is 6.88. The van der Waals surface area contributed by atoms with Gasteiger partial charge < -0.3 is 4.90 Å². The zero-order chi connectivity index (χ0) is 12.7. The van der Waals surface area contributed by atoms with Crippen LogP contribution in [0.4, 0.5) is 0 Å². The average molecular weight is 240 g/mol. The fourth-order valence-corrected chi connectivity index (χ4v) is 2.39.